The van der Waals surface area contributed by atoms with E-state index in [1.165, 1.54) is 5.01 Å². The summed E-state index contributed by atoms with van der Waals surface area (Å²) < 4.78 is 0. The number of rotatable bonds is 8. The van der Waals surface area contributed by atoms with Crippen LogP contribution in [-0.4, -0.2) is 45.7 Å². The Morgan fingerprint density at radius 2 is 1.78 bits per heavy atom. The first-order valence-electron chi connectivity index (χ1n) is 11.2. The van der Waals surface area contributed by atoms with Gasteiger partial charge >= 0.3 is 0 Å². The number of halogens is 2. The highest BCUT2D eigenvalue weighted by atomic mass is 35.5. The Labute approximate surface area is 201 Å². The Morgan fingerprint density at radius 1 is 1.12 bits per heavy atom. The number of hydrogen-bond donors (Lipinski definition) is 2. The number of hydrazine groups is 1. The Morgan fingerprint density at radius 3 is 2.34 bits per heavy atom. The van der Waals surface area contributed by atoms with Gasteiger partial charge in [-0.25, -0.2) is 5.01 Å². The maximum atomic E-state index is 14.1. The first-order chi connectivity index (χ1) is 15.3. The number of amides is 1. The standard InChI is InChI=1S/C25H33Cl2N3O2/c1-4-21(5-2)30-23(17-9-11-19(26)12-10-17)22(18-7-6-8-20(27)15-18)16-25(3,24(30)32)29(28)13-14-31/h6-12,15,21-23,31H,4-5,13-14,16,28H2,1-3H3/t22-,23-,25-/m1/s1. The van der Waals surface area contributed by atoms with Crippen molar-refractivity contribution < 1.29 is 9.90 Å². The summed E-state index contributed by atoms with van der Waals surface area (Å²) in [5.41, 5.74) is 1.14. The molecule has 7 heteroatoms. The van der Waals surface area contributed by atoms with Gasteiger partial charge in [0, 0.05) is 28.5 Å². The molecule has 0 spiro atoms. The number of aliphatic hydroxyl groups is 1. The highest BCUT2D eigenvalue weighted by Crippen LogP contribution is 2.49. The summed E-state index contributed by atoms with van der Waals surface area (Å²) in [5.74, 6) is 6.33. The third kappa shape index (κ3) is 4.82. The van der Waals surface area contributed by atoms with Gasteiger partial charge in [0.25, 0.3) is 0 Å². The number of carbonyl (C=O) groups is 1. The maximum absolute atomic E-state index is 14.1. The predicted octanol–water partition coefficient (Wildman–Crippen LogP) is 5.17. The Hall–Kier alpha value is -1.63. The van der Waals surface area contributed by atoms with Crippen LogP contribution >= 0.6 is 23.2 Å². The van der Waals surface area contributed by atoms with Crippen molar-refractivity contribution in [1.29, 1.82) is 0 Å². The molecule has 3 atom stereocenters. The van der Waals surface area contributed by atoms with E-state index in [-0.39, 0.29) is 37.1 Å². The molecule has 3 rings (SSSR count). The first kappa shape index (κ1) is 25.0. The second-order valence-electron chi connectivity index (χ2n) is 8.74. The molecule has 2 aromatic rings. The number of hydrogen-bond acceptors (Lipinski definition) is 4. The maximum Gasteiger partial charge on any atom is 0.244 e. The van der Waals surface area contributed by atoms with Gasteiger partial charge in [-0.2, -0.15) is 0 Å². The average molecular weight is 478 g/mol. The minimum atomic E-state index is -0.957. The normalized spacial score (nSPS) is 23.9. The lowest BCUT2D eigenvalue weighted by Crippen LogP contribution is -2.67. The average Bonchev–Trinajstić information content (AvgIpc) is 2.78. The summed E-state index contributed by atoms with van der Waals surface area (Å²) in [4.78, 5) is 16.1. The van der Waals surface area contributed by atoms with E-state index in [0.29, 0.717) is 16.5 Å². The molecule has 1 heterocycles. The molecule has 32 heavy (non-hydrogen) atoms. The lowest BCUT2D eigenvalue weighted by molar-refractivity contribution is -0.158. The molecule has 0 bridgehead atoms. The molecular weight excluding hydrogens is 445 g/mol. The minimum Gasteiger partial charge on any atom is -0.395 e. The number of likely N-dealkylation sites (tertiary alicyclic amines) is 1. The number of aliphatic hydroxyl groups excluding tert-OH is 1. The zero-order valence-electron chi connectivity index (χ0n) is 19.0. The van der Waals surface area contributed by atoms with E-state index >= 15 is 0 Å². The van der Waals surface area contributed by atoms with Crippen molar-refractivity contribution in [3.8, 4) is 0 Å². The van der Waals surface area contributed by atoms with Gasteiger partial charge in [-0.15, -0.1) is 0 Å². The Kier molecular flexibility index (Phi) is 8.23. The van der Waals surface area contributed by atoms with E-state index in [0.717, 1.165) is 24.0 Å². The summed E-state index contributed by atoms with van der Waals surface area (Å²) in [6.45, 7) is 6.19. The Bertz CT molecular complexity index is 920. The van der Waals surface area contributed by atoms with Crippen molar-refractivity contribution in [2.24, 2.45) is 5.84 Å². The van der Waals surface area contributed by atoms with E-state index in [2.05, 4.69) is 19.9 Å². The molecule has 5 nitrogen and oxygen atoms in total. The number of nitrogens with two attached hydrogens (primary N) is 1. The predicted molar refractivity (Wildman–Crippen MR) is 131 cm³/mol. The number of carbonyl (C=O) groups excluding carboxylic acids is 1. The molecule has 1 aliphatic heterocycles. The van der Waals surface area contributed by atoms with Gasteiger partial charge in [0.05, 0.1) is 12.6 Å². The van der Waals surface area contributed by atoms with Crippen LogP contribution in [0.2, 0.25) is 10.0 Å². The Balaban J connectivity index is 2.22. The topological polar surface area (TPSA) is 69.8 Å². The zero-order chi connectivity index (χ0) is 23.5. The highest BCUT2D eigenvalue weighted by Gasteiger charge is 2.53. The van der Waals surface area contributed by atoms with Crippen LogP contribution in [0, 0.1) is 0 Å². The largest absolute Gasteiger partial charge is 0.395 e. The van der Waals surface area contributed by atoms with Crippen molar-refractivity contribution in [3.63, 3.8) is 0 Å². The zero-order valence-corrected chi connectivity index (χ0v) is 20.5. The van der Waals surface area contributed by atoms with Crippen LogP contribution in [0.15, 0.2) is 48.5 Å². The van der Waals surface area contributed by atoms with Crippen LogP contribution < -0.4 is 5.84 Å². The van der Waals surface area contributed by atoms with Crippen LogP contribution in [0.3, 0.4) is 0 Å². The monoisotopic (exact) mass is 477 g/mol. The third-order valence-electron chi connectivity index (χ3n) is 6.79. The van der Waals surface area contributed by atoms with Gasteiger partial charge in [-0.1, -0.05) is 61.3 Å². The molecule has 174 valence electrons. The van der Waals surface area contributed by atoms with Gasteiger partial charge in [0.2, 0.25) is 5.91 Å². The van der Waals surface area contributed by atoms with Crippen molar-refractivity contribution in [2.45, 2.75) is 63.6 Å². The summed E-state index contributed by atoms with van der Waals surface area (Å²) in [7, 11) is 0. The molecule has 0 radical (unpaired) electrons. The summed E-state index contributed by atoms with van der Waals surface area (Å²) in [6.07, 6.45) is 2.16. The first-order valence-corrected chi connectivity index (χ1v) is 12.0. The molecule has 1 aliphatic rings. The van der Waals surface area contributed by atoms with Gasteiger partial charge < -0.3 is 10.0 Å². The van der Waals surface area contributed by atoms with E-state index in [4.69, 9.17) is 29.0 Å². The van der Waals surface area contributed by atoms with Crippen LogP contribution in [0.5, 0.6) is 0 Å². The molecule has 0 aromatic heterocycles. The minimum absolute atomic E-state index is 0.0135. The van der Waals surface area contributed by atoms with E-state index in [9.17, 15) is 9.90 Å². The fraction of sp³-hybridized carbons (Fsp3) is 0.480. The van der Waals surface area contributed by atoms with E-state index in [1.807, 2.05) is 54.3 Å². The quantitative estimate of drug-likeness (QED) is 0.406. The van der Waals surface area contributed by atoms with Gasteiger partial charge in [-0.05, 0) is 61.6 Å². The molecular formula is C25H33Cl2N3O2. The molecule has 0 aliphatic carbocycles. The number of β-amino-alcohol motifs (C(OH)–C–C–N with tert-alkyl or cyclic N) is 1. The van der Waals surface area contributed by atoms with Crippen LogP contribution in [0.1, 0.15) is 63.1 Å². The molecule has 1 fully saturated rings. The SMILES string of the molecule is CCC(CC)N1C(=O)[C@](C)(N(N)CCO)C[C@H](c2cccc(Cl)c2)[C@H]1c1ccc(Cl)cc1. The molecule has 2 aromatic carbocycles. The van der Waals surface area contributed by atoms with Crippen molar-refractivity contribution in [1.82, 2.24) is 9.91 Å². The second-order valence-corrected chi connectivity index (χ2v) is 9.61. The summed E-state index contributed by atoms with van der Waals surface area (Å²) in [6, 6.07) is 15.5. The molecule has 0 unspecified atom stereocenters. The summed E-state index contributed by atoms with van der Waals surface area (Å²) >= 11 is 12.6. The van der Waals surface area contributed by atoms with E-state index < -0.39 is 5.54 Å². The number of benzene rings is 2. The van der Waals surface area contributed by atoms with Crippen molar-refractivity contribution in [3.05, 3.63) is 69.7 Å². The van der Waals surface area contributed by atoms with Gasteiger partial charge in [0.1, 0.15) is 5.54 Å². The second kappa shape index (κ2) is 10.5. The fourth-order valence-corrected chi connectivity index (χ4v) is 5.31. The van der Waals surface area contributed by atoms with Crippen molar-refractivity contribution in [2.75, 3.05) is 13.2 Å². The van der Waals surface area contributed by atoms with Crippen LogP contribution in [0.25, 0.3) is 0 Å². The summed E-state index contributed by atoms with van der Waals surface area (Å²) in [5, 5.41) is 12.3. The molecule has 0 saturated carbocycles. The highest BCUT2D eigenvalue weighted by molar-refractivity contribution is 6.30. The van der Waals surface area contributed by atoms with Crippen LogP contribution in [0.4, 0.5) is 0 Å². The van der Waals surface area contributed by atoms with Crippen LogP contribution in [-0.2, 0) is 4.79 Å². The lowest BCUT2D eigenvalue weighted by atomic mass is 9.71. The van der Waals surface area contributed by atoms with Crippen molar-refractivity contribution >= 4 is 29.1 Å². The number of piperidine rings is 1. The molecule has 1 amide bonds. The smallest absolute Gasteiger partial charge is 0.244 e. The van der Waals surface area contributed by atoms with Gasteiger partial charge in [-0.3, -0.25) is 10.6 Å². The third-order valence-corrected chi connectivity index (χ3v) is 7.28. The lowest BCUT2D eigenvalue weighted by Gasteiger charge is -2.54. The van der Waals surface area contributed by atoms with E-state index in [1.54, 1.807) is 0 Å². The number of nitrogens with zero attached hydrogens (tertiary/aromatic N) is 2. The van der Waals surface area contributed by atoms with Gasteiger partial charge in [0.15, 0.2) is 0 Å². The molecule has 1 saturated heterocycles. The fourth-order valence-electron chi connectivity index (χ4n) is 4.99. The molecule has 3 N–H and O–H groups in total.